The van der Waals surface area contributed by atoms with Gasteiger partial charge in [-0.25, -0.2) is 4.79 Å². The summed E-state index contributed by atoms with van der Waals surface area (Å²) in [6, 6.07) is 19.2. The van der Waals surface area contributed by atoms with Crippen LogP contribution in [-0.4, -0.2) is 37.1 Å². The Kier molecular flexibility index (Phi) is 7.36. The van der Waals surface area contributed by atoms with Gasteiger partial charge in [-0.15, -0.1) is 0 Å². The maximum absolute atomic E-state index is 12.7. The summed E-state index contributed by atoms with van der Waals surface area (Å²) in [6.45, 7) is -0.343. The fraction of sp³-hybridized carbons (Fsp3) is 0.148. The fourth-order valence-corrected chi connectivity index (χ4v) is 3.63. The van der Waals surface area contributed by atoms with Crippen LogP contribution in [0.1, 0.15) is 21.5 Å². The molecular weight excluding hydrogens is 462 g/mol. The number of fused-ring (bicyclic) bond motifs is 1. The molecule has 0 atom stereocenters. The normalized spacial score (nSPS) is 10.4. The number of amides is 1. The van der Waals surface area contributed by atoms with Crippen LogP contribution in [0.15, 0.2) is 73.1 Å². The second-order valence-electron chi connectivity index (χ2n) is 7.61. The number of methoxy groups -OCH3 is 2. The van der Waals surface area contributed by atoms with Crippen molar-refractivity contribution in [2.24, 2.45) is 0 Å². The average Bonchev–Trinajstić information content (AvgIpc) is 3.28. The molecule has 4 aromatic rings. The van der Waals surface area contributed by atoms with Crippen molar-refractivity contribution < 1.29 is 28.5 Å². The van der Waals surface area contributed by atoms with E-state index in [1.807, 2.05) is 24.4 Å². The van der Waals surface area contributed by atoms with Crippen molar-refractivity contribution in [3.63, 3.8) is 0 Å². The molecule has 182 valence electrons. The molecular formula is C27H23N3O6. The third-order valence-corrected chi connectivity index (χ3v) is 5.37. The highest BCUT2D eigenvalue weighted by Gasteiger charge is 2.16. The number of nitrogens with zero attached hydrogens (tertiary/aromatic N) is 2. The minimum Gasteiger partial charge on any atom is -0.495 e. The van der Waals surface area contributed by atoms with Gasteiger partial charge in [-0.1, -0.05) is 18.2 Å². The van der Waals surface area contributed by atoms with Crippen LogP contribution in [0.5, 0.6) is 17.2 Å². The lowest BCUT2D eigenvalue weighted by molar-refractivity contribution is -0.118. The quantitative estimate of drug-likeness (QED) is 0.354. The summed E-state index contributed by atoms with van der Waals surface area (Å²) in [5, 5.41) is 12.2. The zero-order chi connectivity index (χ0) is 25.5. The molecule has 36 heavy (non-hydrogen) atoms. The van der Waals surface area contributed by atoms with E-state index < -0.39 is 11.9 Å². The first kappa shape index (κ1) is 24.2. The van der Waals surface area contributed by atoms with Gasteiger partial charge in [-0.2, -0.15) is 5.26 Å². The van der Waals surface area contributed by atoms with E-state index in [2.05, 4.69) is 11.4 Å². The number of ether oxygens (including phenoxy) is 4. The smallest absolute Gasteiger partial charge is 0.338 e. The van der Waals surface area contributed by atoms with E-state index in [0.717, 1.165) is 5.52 Å². The summed E-state index contributed by atoms with van der Waals surface area (Å²) >= 11 is 0. The van der Waals surface area contributed by atoms with Gasteiger partial charge in [-0.3, -0.25) is 4.79 Å². The van der Waals surface area contributed by atoms with Gasteiger partial charge in [0.1, 0.15) is 18.4 Å². The Labute approximate surface area is 207 Å². The van der Waals surface area contributed by atoms with E-state index in [-0.39, 0.29) is 30.3 Å². The fourth-order valence-electron chi connectivity index (χ4n) is 3.63. The number of pyridine rings is 1. The first-order chi connectivity index (χ1) is 17.5. The number of rotatable bonds is 9. The zero-order valence-corrected chi connectivity index (χ0v) is 19.7. The summed E-state index contributed by atoms with van der Waals surface area (Å²) in [5.41, 5.74) is 2.55. The van der Waals surface area contributed by atoms with Gasteiger partial charge >= 0.3 is 5.97 Å². The van der Waals surface area contributed by atoms with E-state index in [4.69, 9.17) is 18.9 Å². The summed E-state index contributed by atoms with van der Waals surface area (Å²) in [5.74, 6) is 0.101. The topological polar surface area (TPSA) is 111 Å². The molecule has 1 amide bonds. The molecule has 2 heterocycles. The van der Waals surface area contributed by atoms with Crippen molar-refractivity contribution in [2.75, 3.05) is 26.1 Å². The van der Waals surface area contributed by atoms with Gasteiger partial charge < -0.3 is 28.7 Å². The molecule has 0 aliphatic carbocycles. The number of nitriles is 1. The summed E-state index contributed by atoms with van der Waals surface area (Å²) in [7, 11) is 2.94. The third kappa shape index (κ3) is 5.23. The highest BCUT2D eigenvalue weighted by atomic mass is 16.5. The monoisotopic (exact) mass is 485 g/mol. The Hall–Kier alpha value is -4.97. The van der Waals surface area contributed by atoms with Gasteiger partial charge in [0.05, 0.1) is 36.6 Å². The van der Waals surface area contributed by atoms with E-state index in [1.165, 1.54) is 32.4 Å². The Morgan fingerprint density at radius 1 is 0.972 bits per heavy atom. The van der Waals surface area contributed by atoms with E-state index in [9.17, 15) is 14.9 Å². The van der Waals surface area contributed by atoms with Crippen molar-refractivity contribution in [1.29, 1.82) is 5.26 Å². The van der Waals surface area contributed by atoms with Crippen LogP contribution >= 0.6 is 0 Å². The SMILES string of the molecule is COc1ccccc1NC(=O)COc1ccc(C(=O)OCc2cn3ccccc3c2C#N)cc1OC. The highest BCUT2D eigenvalue weighted by molar-refractivity contribution is 5.93. The number of para-hydroxylation sites is 2. The minimum atomic E-state index is -0.590. The number of esters is 1. The lowest BCUT2D eigenvalue weighted by atomic mass is 10.2. The van der Waals surface area contributed by atoms with Crippen molar-refractivity contribution >= 4 is 23.1 Å². The first-order valence-electron chi connectivity index (χ1n) is 10.9. The molecule has 9 nitrogen and oxygen atoms in total. The predicted molar refractivity (Wildman–Crippen MR) is 131 cm³/mol. The molecule has 1 N–H and O–H groups in total. The summed E-state index contributed by atoms with van der Waals surface area (Å²) < 4.78 is 23.4. The van der Waals surface area contributed by atoms with E-state index in [0.29, 0.717) is 22.6 Å². The number of hydrogen-bond acceptors (Lipinski definition) is 7. The van der Waals surface area contributed by atoms with Gasteiger partial charge in [0.25, 0.3) is 5.91 Å². The molecule has 0 spiro atoms. The van der Waals surface area contributed by atoms with Crippen LogP contribution in [0.4, 0.5) is 5.69 Å². The number of aromatic nitrogens is 1. The Morgan fingerprint density at radius 2 is 1.75 bits per heavy atom. The first-order valence-corrected chi connectivity index (χ1v) is 10.9. The van der Waals surface area contributed by atoms with E-state index in [1.54, 1.807) is 34.9 Å². The number of benzene rings is 2. The molecule has 0 saturated carbocycles. The molecule has 0 bridgehead atoms. The molecule has 0 aliphatic rings. The number of carbonyl (C=O) groups excluding carboxylic acids is 2. The lowest BCUT2D eigenvalue weighted by Gasteiger charge is -2.13. The van der Waals surface area contributed by atoms with Crippen molar-refractivity contribution in [3.8, 4) is 23.3 Å². The van der Waals surface area contributed by atoms with Gasteiger partial charge in [0.2, 0.25) is 0 Å². The third-order valence-electron chi connectivity index (χ3n) is 5.37. The standard InChI is InChI=1S/C27H23N3O6/c1-33-23-9-4-3-7-21(23)29-26(31)17-35-24-11-10-18(13-25(24)34-2)27(32)36-16-19-15-30-12-6-5-8-22(30)20(19)14-28/h3-13,15H,16-17H2,1-2H3,(H,29,31). The van der Waals surface area contributed by atoms with Crippen molar-refractivity contribution in [2.45, 2.75) is 6.61 Å². The number of carbonyl (C=O) groups is 2. The van der Waals surface area contributed by atoms with Crippen LogP contribution in [-0.2, 0) is 16.1 Å². The lowest BCUT2D eigenvalue weighted by Crippen LogP contribution is -2.20. The number of nitrogens with one attached hydrogen (secondary N) is 1. The van der Waals surface area contributed by atoms with Gasteiger partial charge in [0, 0.05) is 18.0 Å². The Bertz CT molecular complexity index is 1450. The molecule has 9 heteroatoms. The predicted octanol–water partition coefficient (Wildman–Crippen LogP) is 4.20. The largest absolute Gasteiger partial charge is 0.495 e. The zero-order valence-electron chi connectivity index (χ0n) is 19.7. The van der Waals surface area contributed by atoms with Crippen molar-refractivity contribution in [1.82, 2.24) is 4.40 Å². The molecule has 0 saturated heterocycles. The van der Waals surface area contributed by atoms with Crippen LogP contribution in [0.2, 0.25) is 0 Å². The maximum Gasteiger partial charge on any atom is 0.338 e. The molecule has 0 unspecified atom stereocenters. The van der Waals surface area contributed by atoms with Gasteiger partial charge in [-0.05, 0) is 42.5 Å². The van der Waals surface area contributed by atoms with E-state index >= 15 is 0 Å². The highest BCUT2D eigenvalue weighted by Crippen LogP contribution is 2.29. The number of hydrogen-bond donors (Lipinski definition) is 1. The summed E-state index contributed by atoms with van der Waals surface area (Å²) in [4.78, 5) is 25.0. The molecule has 4 rings (SSSR count). The Morgan fingerprint density at radius 3 is 2.53 bits per heavy atom. The van der Waals surface area contributed by atoms with Crippen LogP contribution in [0.25, 0.3) is 5.52 Å². The maximum atomic E-state index is 12.7. The average molecular weight is 485 g/mol. The van der Waals surface area contributed by atoms with Crippen LogP contribution in [0, 0.1) is 11.3 Å². The second kappa shape index (κ2) is 11.0. The summed E-state index contributed by atoms with van der Waals surface area (Å²) in [6.07, 6.45) is 3.58. The Balaban J connectivity index is 1.39. The minimum absolute atomic E-state index is 0.0624. The number of anilines is 1. The van der Waals surface area contributed by atoms with Gasteiger partial charge in [0.15, 0.2) is 18.1 Å². The molecule has 0 radical (unpaired) electrons. The van der Waals surface area contributed by atoms with Crippen LogP contribution in [0.3, 0.4) is 0 Å². The van der Waals surface area contributed by atoms with Crippen molar-refractivity contribution in [3.05, 3.63) is 89.7 Å². The van der Waals surface area contributed by atoms with Crippen LogP contribution < -0.4 is 19.5 Å². The molecule has 0 aliphatic heterocycles. The second-order valence-corrected chi connectivity index (χ2v) is 7.61. The molecule has 0 fully saturated rings. The molecule has 2 aromatic heterocycles. The molecule has 2 aromatic carbocycles.